The smallest absolute Gasteiger partial charge is 0.414 e. The largest absolute Gasteiger partial charge is 0.473 e. The van der Waals surface area contributed by atoms with Crippen LogP contribution in [-0.2, 0) is 20.9 Å². The molecule has 0 atom stereocenters. The number of benzene rings is 1. The van der Waals surface area contributed by atoms with Gasteiger partial charge in [-0.25, -0.2) is 9.59 Å². The van der Waals surface area contributed by atoms with Crippen molar-refractivity contribution in [2.24, 2.45) is 5.73 Å². The SMILES string of the molecule is CC(=O)Oc1ccccc1CN.O=C(O)C(=O)O. The van der Waals surface area contributed by atoms with Gasteiger partial charge in [-0.3, -0.25) is 4.79 Å². The molecule has 0 aliphatic carbocycles. The first-order valence-electron chi connectivity index (χ1n) is 4.81. The Morgan fingerprint density at radius 3 is 2.06 bits per heavy atom. The molecule has 0 spiro atoms. The van der Waals surface area contributed by atoms with Gasteiger partial charge in [0.15, 0.2) is 0 Å². The Bertz CT molecular complexity index is 431. The number of nitrogens with two attached hydrogens (primary N) is 1. The molecule has 0 aliphatic rings. The molecule has 0 bridgehead atoms. The predicted octanol–water partition coefficient (Wildman–Crippen LogP) is 0.226. The molecule has 18 heavy (non-hydrogen) atoms. The molecule has 1 aromatic rings. The van der Waals surface area contributed by atoms with Crippen molar-refractivity contribution in [3.8, 4) is 5.75 Å². The molecule has 1 rings (SSSR count). The van der Waals surface area contributed by atoms with Gasteiger partial charge >= 0.3 is 17.9 Å². The second-order valence-corrected chi connectivity index (χ2v) is 3.02. The molecule has 7 heteroatoms. The summed E-state index contributed by atoms with van der Waals surface area (Å²) in [6.45, 7) is 1.75. The number of ether oxygens (including phenoxy) is 1. The molecule has 1 aromatic carbocycles. The third-order valence-corrected chi connectivity index (χ3v) is 1.63. The van der Waals surface area contributed by atoms with Gasteiger partial charge < -0.3 is 20.7 Å². The first kappa shape index (κ1) is 15.6. The third kappa shape index (κ3) is 6.23. The molecule has 7 nitrogen and oxygen atoms in total. The highest BCUT2D eigenvalue weighted by Gasteiger charge is 2.04. The van der Waals surface area contributed by atoms with E-state index in [1.807, 2.05) is 12.1 Å². The molecule has 0 unspecified atom stereocenters. The van der Waals surface area contributed by atoms with Gasteiger partial charge in [0.05, 0.1) is 0 Å². The summed E-state index contributed by atoms with van der Waals surface area (Å²) in [7, 11) is 0. The Hall–Kier alpha value is -2.41. The zero-order valence-corrected chi connectivity index (χ0v) is 9.62. The Morgan fingerprint density at radius 2 is 1.67 bits per heavy atom. The van der Waals surface area contributed by atoms with Gasteiger partial charge in [-0.05, 0) is 6.07 Å². The van der Waals surface area contributed by atoms with E-state index in [4.69, 9.17) is 30.3 Å². The first-order valence-corrected chi connectivity index (χ1v) is 4.81. The lowest BCUT2D eigenvalue weighted by atomic mass is 10.2. The van der Waals surface area contributed by atoms with Crippen molar-refractivity contribution < 1.29 is 29.3 Å². The molecule has 0 aliphatic heterocycles. The van der Waals surface area contributed by atoms with E-state index in [1.54, 1.807) is 12.1 Å². The number of carboxylic acids is 2. The maximum absolute atomic E-state index is 10.6. The number of hydrogen-bond acceptors (Lipinski definition) is 5. The van der Waals surface area contributed by atoms with Gasteiger partial charge in [0.1, 0.15) is 5.75 Å². The summed E-state index contributed by atoms with van der Waals surface area (Å²) >= 11 is 0. The van der Waals surface area contributed by atoms with Gasteiger partial charge in [-0.2, -0.15) is 0 Å². The molecule has 0 fully saturated rings. The van der Waals surface area contributed by atoms with Gasteiger partial charge in [-0.15, -0.1) is 0 Å². The van der Waals surface area contributed by atoms with Crippen LogP contribution < -0.4 is 10.5 Å². The first-order chi connectivity index (χ1) is 8.38. The van der Waals surface area contributed by atoms with E-state index in [0.717, 1.165) is 5.56 Å². The zero-order chi connectivity index (χ0) is 14.1. The molecule has 0 saturated carbocycles. The van der Waals surface area contributed by atoms with Crippen molar-refractivity contribution >= 4 is 17.9 Å². The number of aliphatic carboxylic acids is 2. The Labute approximate surface area is 103 Å². The van der Waals surface area contributed by atoms with Crippen molar-refractivity contribution in [1.82, 2.24) is 0 Å². The van der Waals surface area contributed by atoms with Crippen molar-refractivity contribution in [2.75, 3.05) is 0 Å². The van der Waals surface area contributed by atoms with E-state index >= 15 is 0 Å². The monoisotopic (exact) mass is 255 g/mol. The van der Waals surface area contributed by atoms with E-state index in [9.17, 15) is 4.79 Å². The highest BCUT2D eigenvalue weighted by molar-refractivity contribution is 6.27. The Balaban J connectivity index is 0.000000411. The maximum atomic E-state index is 10.6. The number of carbonyl (C=O) groups is 3. The second kappa shape index (κ2) is 7.80. The number of carboxylic acid groups (broad SMARTS) is 2. The van der Waals surface area contributed by atoms with Crippen LogP contribution in [0.4, 0.5) is 0 Å². The van der Waals surface area contributed by atoms with Gasteiger partial charge in [0.2, 0.25) is 0 Å². The second-order valence-electron chi connectivity index (χ2n) is 3.02. The highest BCUT2D eigenvalue weighted by atomic mass is 16.5. The summed E-state index contributed by atoms with van der Waals surface area (Å²) in [6, 6.07) is 7.22. The fraction of sp³-hybridized carbons (Fsp3) is 0.182. The van der Waals surface area contributed by atoms with Crippen LogP contribution >= 0.6 is 0 Å². The van der Waals surface area contributed by atoms with Crippen LogP contribution in [0.15, 0.2) is 24.3 Å². The molecule has 0 aromatic heterocycles. The number of hydrogen-bond donors (Lipinski definition) is 3. The van der Waals surface area contributed by atoms with Crippen molar-refractivity contribution in [3.05, 3.63) is 29.8 Å². The zero-order valence-electron chi connectivity index (χ0n) is 9.62. The third-order valence-electron chi connectivity index (χ3n) is 1.63. The lowest BCUT2D eigenvalue weighted by Gasteiger charge is -2.05. The minimum atomic E-state index is -1.82. The summed E-state index contributed by atoms with van der Waals surface area (Å²) in [4.78, 5) is 28.8. The lowest BCUT2D eigenvalue weighted by molar-refractivity contribution is -0.159. The predicted molar refractivity (Wildman–Crippen MR) is 60.9 cm³/mol. The number of carbonyl (C=O) groups excluding carboxylic acids is 1. The minimum Gasteiger partial charge on any atom is -0.473 e. The molecule has 98 valence electrons. The molecule has 0 heterocycles. The number of esters is 1. The fourth-order valence-electron chi connectivity index (χ4n) is 0.927. The fourth-order valence-corrected chi connectivity index (χ4v) is 0.927. The summed E-state index contributed by atoms with van der Waals surface area (Å²) in [5.41, 5.74) is 6.28. The van der Waals surface area contributed by atoms with Crippen LogP contribution in [0, 0.1) is 0 Å². The van der Waals surface area contributed by atoms with Crippen LogP contribution in [-0.4, -0.2) is 28.1 Å². The number of para-hydroxylation sites is 1. The molecule has 0 radical (unpaired) electrons. The van der Waals surface area contributed by atoms with Gasteiger partial charge in [0.25, 0.3) is 0 Å². The summed E-state index contributed by atoms with van der Waals surface area (Å²) in [5, 5.41) is 14.8. The molecular weight excluding hydrogens is 242 g/mol. The minimum absolute atomic E-state index is 0.323. The molecular formula is C11H13NO6. The number of rotatable bonds is 2. The lowest BCUT2D eigenvalue weighted by Crippen LogP contribution is -2.09. The van der Waals surface area contributed by atoms with Crippen LogP contribution in [0.5, 0.6) is 5.75 Å². The van der Waals surface area contributed by atoms with E-state index in [0.29, 0.717) is 12.3 Å². The van der Waals surface area contributed by atoms with Crippen LogP contribution in [0.3, 0.4) is 0 Å². The van der Waals surface area contributed by atoms with E-state index in [-0.39, 0.29) is 5.97 Å². The van der Waals surface area contributed by atoms with Crippen molar-refractivity contribution in [3.63, 3.8) is 0 Å². The molecule has 0 amide bonds. The van der Waals surface area contributed by atoms with Crippen molar-refractivity contribution in [1.29, 1.82) is 0 Å². The summed E-state index contributed by atoms with van der Waals surface area (Å²) < 4.78 is 4.92. The Kier molecular flexibility index (Phi) is 6.75. The highest BCUT2D eigenvalue weighted by Crippen LogP contribution is 2.16. The molecule has 0 saturated heterocycles. The average molecular weight is 255 g/mol. The van der Waals surface area contributed by atoms with Crippen LogP contribution in [0.2, 0.25) is 0 Å². The maximum Gasteiger partial charge on any atom is 0.414 e. The quantitative estimate of drug-likeness (QED) is 0.392. The van der Waals surface area contributed by atoms with Crippen LogP contribution in [0.1, 0.15) is 12.5 Å². The van der Waals surface area contributed by atoms with E-state index < -0.39 is 11.9 Å². The van der Waals surface area contributed by atoms with Gasteiger partial charge in [0, 0.05) is 19.0 Å². The normalized spacial score (nSPS) is 8.78. The van der Waals surface area contributed by atoms with E-state index in [1.165, 1.54) is 6.92 Å². The van der Waals surface area contributed by atoms with E-state index in [2.05, 4.69) is 0 Å². The van der Waals surface area contributed by atoms with Crippen molar-refractivity contribution in [2.45, 2.75) is 13.5 Å². The Morgan fingerprint density at radius 1 is 1.17 bits per heavy atom. The van der Waals surface area contributed by atoms with Gasteiger partial charge in [-0.1, -0.05) is 18.2 Å². The topological polar surface area (TPSA) is 127 Å². The summed E-state index contributed by atoms with van der Waals surface area (Å²) in [6.07, 6.45) is 0. The van der Waals surface area contributed by atoms with Crippen LogP contribution in [0.25, 0.3) is 0 Å². The standard InChI is InChI=1S/C9H11NO2.C2H2O4/c1-7(11)12-9-5-3-2-4-8(9)6-10;3-1(4)2(5)6/h2-5H,6,10H2,1H3;(H,3,4)(H,5,6). The average Bonchev–Trinajstić information content (AvgIpc) is 2.29. The summed E-state index contributed by atoms with van der Waals surface area (Å²) in [5.74, 6) is -3.42. The molecule has 4 N–H and O–H groups in total.